The molecule has 8 nitrogen and oxygen atoms in total. The zero-order valence-corrected chi connectivity index (χ0v) is 19.8. The van der Waals surface area contributed by atoms with Gasteiger partial charge in [-0.05, 0) is 36.8 Å². The van der Waals surface area contributed by atoms with Crippen molar-refractivity contribution in [2.24, 2.45) is 21.1 Å². The highest BCUT2D eigenvalue weighted by molar-refractivity contribution is 7.89. The average molecular weight is 475 g/mol. The van der Waals surface area contributed by atoms with Crippen LogP contribution in [0.1, 0.15) is 39.5 Å². The Morgan fingerprint density at radius 1 is 1.18 bits per heavy atom. The summed E-state index contributed by atoms with van der Waals surface area (Å²) in [5.74, 6) is 0.205. The molecule has 4 aliphatic rings. The number of carbonyl (C=O) groups is 1. The van der Waals surface area contributed by atoms with E-state index in [1.165, 1.54) is 23.5 Å². The van der Waals surface area contributed by atoms with E-state index in [1.807, 2.05) is 0 Å². The highest BCUT2D eigenvalue weighted by Gasteiger charge is 2.53. The van der Waals surface area contributed by atoms with Crippen molar-refractivity contribution >= 4 is 15.8 Å². The van der Waals surface area contributed by atoms with Gasteiger partial charge < -0.3 is 10.1 Å². The molecule has 0 saturated carbocycles. The predicted molar refractivity (Wildman–Crippen MR) is 118 cm³/mol. The van der Waals surface area contributed by atoms with E-state index in [2.05, 4.69) is 29.4 Å². The van der Waals surface area contributed by atoms with Gasteiger partial charge in [0.2, 0.25) is 10.0 Å². The smallest absolute Gasteiger partial charge is 0.245 e. The standard InChI is InChI=1S/C23H27FN4O4S/c1-22(2)11-17-20(18(29)12-22)23(15-13-25-27-21(15)26-17)6-8-28(9-7-23)33(30,31)19-5-4-14(32-3)10-16(19)24/h4-5,10,26H,6-9,11-13H2,1-3H3. The number of carbonyl (C=O) groups excluding carboxylic acids is 1. The van der Waals surface area contributed by atoms with E-state index in [4.69, 9.17) is 4.74 Å². The van der Waals surface area contributed by atoms with Gasteiger partial charge in [0.25, 0.3) is 0 Å². The number of hydrogen-bond donors (Lipinski definition) is 1. The number of ketones is 1. The van der Waals surface area contributed by atoms with Crippen LogP contribution >= 0.6 is 0 Å². The maximum absolute atomic E-state index is 14.6. The van der Waals surface area contributed by atoms with Crippen LogP contribution in [0, 0.1) is 16.6 Å². The molecule has 1 aliphatic carbocycles. The van der Waals surface area contributed by atoms with Gasteiger partial charge in [-0.1, -0.05) is 13.8 Å². The highest BCUT2D eigenvalue weighted by Crippen LogP contribution is 2.55. The lowest BCUT2D eigenvalue weighted by atomic mass is 9.60. The Morgan fingerprint density at radius 2 is 1.91 bits per heavy atom. The second-order valence-electron chi connectivity index (χ2n) is 9.93. The van der Waals surface area contributed by atoms with E-state index in [0.717, 1.165) is 29.3 Å². The third kappa shape index (κ3) is 3.42. The highest BCUT2D eigenvalue weighted by atomic mass is 32.2. The molecule has 5 rings (SSSR count). The molecule has 1 spiro atoms. The van der Waals surface area contributed by atoms with E-state index in [9.17, 15) is 17.6 Å². The molecule has 3 heterocycles. The van der Waals surface area contributed by atoms with Crippen molar-refractivity contribution in [1.29, 1.82) is 0 Å². The van der Waals surface area contributed by atoms with E-state index < -0.39 is 21.3 Å². The summed E-state index contributed by atoms with van der Waals surface area (Å²) in [7, 11) is -2.64. The summed E-state index contributed by atoms with van der Waals surface area (Å²) in [5, 5.41) is 11.8. The normalized spacial score (nSPS) is 24.1. The minimum atomic E-state index is -4.03. The summed E-state index contributed by atoms with van der Waals surface area (Å²) in [6.45, 7) is 4.90. The molecule has 1 N–H and O–H groups in total. The first-order valence-electron chi connectivity index (χ1n) is 11.1. The van der Waals surface area contributed by atoms with Gasteiger partial charge in [-0.3, -0.25) is 4.79 Å². The molecule has 10 heteroatoms. The molecule has 0 aromatic heterocycles. The Labute approximate surface area is 192 Å². The Balaban J connectivity index is 1.48. The first-order chi connectivity index (χ1) is 15.6. The van der Waals surface area contributed by atoms with Crippen molar-refractivity contribution < 1.29 is 22.3 Å². The van der Waals surface area contributed by atoms with Crippen molar-refractivity contribution in [3.63, 3.8) is 0 Å². The number of dihydropyridines is 1. The largest absolute Gasteiger partial charge is 0.497 e. The van der Waals surface area contributed by atoms with Crippen LogP contribution in [-0.2, 0) is 14.8 Å². The molecule has 1 fully saturated rings. The maximum atomic E-state index is 14.6. The SMILES string of the molecule is COc1ccc(S(=O)(=O)N2CCC3(CC2)C2=C(N=NC2)NC2=C3C(=O)CC(C)(C)C2)c(F)c1. The third-order valence-corrected chi connectivity index (χ3v) is 9.15. The number of allylic oxidation sites excluding steroid dienone is 2. The van der Waals surface area contributed by atoms with Crippen molar-refractivity contribution in [2.45, 2.75) is 44.4 Å². The van der Waals surface area contributed by atoms with Crippen LogP contribution in [0.3, 0.4) is 0 Å². The lowest BCUT2D eigenvalue weighted by molar-refractivity contribution is -0.119. The number of hydrogen-bond acceptors (Lipinski definition) is 7. The number of ether oxygens (including phenoxy) is 1. The fourth-order valence-corrected chi connectivity index (χ4v) is 7.17. The van der Waals surface area contributed by atoms with Gasteiger partial charge in [-0.15, -0.1) is 5.11 Å². The fourth-order valence-electron chi connectivity index (χ4n) is 5.68. The second kappa shape index (κ2) is 7.46. The number of methoxy groups -OCH3 is 1. The average Bonchev–Trinajstić information content (AvgIpc) is 3.22. The number of piperidine rings is 1. The van der Waals surface area contributed by atoms with Crippen molar-refractivity contribution in [3.05, 3.63) is 46.7 Å². The molecule has 33 heavy (non-hydrogen) atoms. The van der Waals surface area contributed by atoms with Gasteiger partial charge in [0.15, 0.2) is 11.6 Å². The molecule has 0 amide bonds. The fraction of sp³-hybridized carbons (Fsp3) is 0.522. The van der Waals surface area contributed by atoms with Gasteiger partial charge in [0.05, 0.1) is 13.7 Å². The Kier molecular flexibility index (Phi) is 5.02. The second-order valence-corrected chi connectivity index (χ2v) is 11.8. The van der Waals surface area contributed by atoms with Gasteiger partial charge >= 0.3 is 0 Å². The molecule has 1 aromatic rings. The summed E-state index contributed by atoms with van der Waals surface area (Å²) in [4.78, 5) is 13.0. The van der Waals surface area contributed by atoms with Crippen LogP contribution in [0.25, 0.3) is 0 Å². The van der Waals surface area contributed by atoms with Crippen molar-refractivity contribution in [3.8, 4) is 5.75 Å². The number of Topliss-reactive ketones (excluding diaryl/α,β-unsaturated/α-hetero) is 1. The molecular weight excluding hydrogens is 447 g/mol. The van der Waals surface area contributed by atoms with Crippen molar-refractivity contribution in [2.75, 3.05) is 26.7 Å². The minimum Gasteiger partial charge on any atom is -0.497 e. The number of fused-ring (bicyclic) bond motifs is 2. The minimum absolute atomic E-state index is 0.102. The zero-order chi connectivity index (χ0) is 23.6. The third-order valence-electron chi connectivity index (χ3n) is 7.22. The zero-order valence-electron chi connectivity index (χ0n) is 18.9. The van der Waals surface area contributed by atoms with Crippen LogP contribution < -0.4 is 10.1 Å². The molecule has 1 saturated heterocycles. The van der Waals surface area contributed by atoms with Crippen LogP contribution in [0.15, 0.2) is 56.0 Å². The maximum Gasteiger partial charge on any atom is 0.245 e. The monoisotopic (exact) mass is 474 g/mol. The van der Waals surface area contributed by atoms with Gasteiger partial charge in [-0.2, -0.15) is 9.42 Å². The van der Waals surface area contributed by atoms with E-state index in [-0.39, 0.29) is 34.9 Å². The quantitative estimate of drug-likeness (QED) is 0.722. The molecule has 0 unspecified atom stereocenters. The first-order valence-corrected chi connectivity index (χ1v) is 12.5. The summed E-state index contributed by atoms with van der Waals surface area (Å²) < 4.78 is 47.4. The molecule has 3 aliphatic heterocycles. The first kappa shape index (κ1) is 22.2. The summed E-state index contributed by atoms with van der Waals surface area (Å²) in [5.41, 5.74) is 1.86. The summed E-state index contributed by atoms with van der Waals surface area (Å²) in [6.07, 6.45) is 2.04. The molecule has 0 bridgehead atoms. The lowest BCUT2D eigenvalue weighted by Gasteiger charge is -2.48. The summed E-state index contributed by atoms with van der Waals surface area (Å²) >= 11 is 0. The Hall–Kier alpha value is -2.59. The Bertz CT molecular complexity index is 1240. The van der Waals surface area contributed by atoms with Crippen LogP contribution in [0.4, 0.5) is 4.39 Å². The van der Waals surface area contributed by atoms with E-state index in [1.54, 1.807) is 0 Å². The molecular formula is C23H27FN4O4S. The number of halogens is 1. The Morgan fingerprint density at radius 3 is 2.58 bits per heavy atom. The number of nitrogens with one attached hydrogen (secondary N) is 1. The predicted octanol–water partition coefficient (Wildman–Crippen LogP) is 3.53. The van der Waals surface area contributed by atoms with Crippen molar-refractivity contribution in [1.82, 2.24) is 9.62 Å². The number of azo groups is 1. The number of sulfonamides is 1. The van der Waals surface area contributed by atoms with E-state index >= 15 is 0 Å². The van der Waals surface area contributed by atoms with Crippen LogP contribution in [0.2, 0.25) is 0 Å². The molecule has 0 radical (unpaired) electrons. The van der Waals surface area contributed by atoms with Crippen LogP contribution in [0.5, 0.6) is 5.75 Å². The molecule has 0 atom stereocenters. The number of nitrogens with zero attached hydrogens (tertiary/aromatic N) is 3. The van der Waals surface area contributed by atoms with Gasteiger partial charge in [0, 0.05) is 47.8 Å². The van der Waals surface area contributed by atoms with Crippen LogP contribution in [-0.4, -0.2) is 45.3 Å². The number of benzene rings is 1. The van der Waals surface area contributed by atoms with Gasteiger partial charge in [0.1, 0.15) is 16.5 Å². The lowest BCUT2D eigenvalue weighted by Crippen LogP contribution is -2.50. The molecule has 176 valence electrons. The summed E-state index contributed by atoms with van der Waals surface area (Å²) in [6, 6.07) is 3.75. The molecule has 1 aromatic carbocycles. The van der Waals surface area contributed by atoms with E-state index in [0.29, 0.717) is 31.6 Å². The van der Waals surface area contributed by atoms with Gasteiger partial charge in [-0.25, -0.2) is 12.8 Å². The topological polar surface area (TPSA) is 100 Å². The number of rotatable bonds is 3.